The van der Waals surface area contributed by atoms with Gasteiger partial charge in [0, 0.05) is 23.7 Å². The first-order valence-electron chi connectivity index (χ1n) is 13.6. The van der Waals surface area contributed by atoms with Crippen molar-refractivity contribution in [1.82, 2.24) is 19.8 Å². The van der Waals surface area contributed by atoms with Crippen molar-refractivity contribution in [3.63, 3.8) is 0 Å². The highest BCUT2D eigenvalue weighted by molar-refractivity contribution is 5.90. The Kier molecular flexibility index (Phi) is 8.54. The van der Waals surface area contributed by atoms with E-state index in [1.54, 1.807) is 53.7 Å². The number of halogens is 1. The fraction of sp³-hybridized carbons (Fsp3) is 0.452. The van der Waals surface area contributed by atoms with Crippen LogP contribution in [0.3, 0.4) is 0 Å². The number of hydrogen-bond donors (Lipinski definition) is 2. The second kappa shape index (κ2) is 11.7. The fourth-order valence-electron chi connectivity index (χ4n) is 5.20. The Balaban J connectivity index is 1.49. The van der Waals surface area contributed by atoms with Crippen molar-refractivity contribution < 1.29 is 19.1 Å². The van der Waals surface area contributed by atoms with Gasteiger partial charge in [-0.2, -0.15) is 0 Å². The monoisotopic (exact) mass is 534 g/mol. The van der Waals surface area contributed by atoms with Crippen molar-refractivity contribution in [1.29, 1.82) is 0 Å². The van der Waals surface area contributed by atoms with Crippen LogP contribution in [0.25, 0.3) is 11.1 Å². The van der Waals surface area contributed by atoms with Crippen LogP contribution < -0.4 is 5.32 Å². The van der Waals surface area contributed by atoms with E-state index in [4.69, 9.17) is 0 Å². The smallest absolute Gasteiger partial charge is 0.246 e. The number of rotatable bonds is 8. The molecule has 3 aromatic rings. The summed E-state index contributed by atoms with van der Waals surface area (Å²) in [4.78, 5) is 33.4. The SMILES string of the molecule is CC(C)[C@@H](C(=O)N1CCC[C@H]1C(=O)N[C@@H](CO)c1ccc(-c2ccccc2F)cc1)n1cnc(C(C)(C)C)c1. The second-order valence-electron chi connectivity index (χ2n) is 11.7. The van der Waals surface area contributed by atoms with Crippen LogP contribution in [0.4, 0.5) is 4.39 Å². The summed E-state index contributed by atoms with van der Waals surface area (Å²) >= 11 is 0. The quantitative estimate of drug-likeness (QED) is 0.425. The van der Waals surface area contributed by atoms with Crippen LogP contribution in [0.1, 0.15) is 70.8 Å². The molecule has 0 spiro atoms. The zero-order valence-corrected chi connectivity index (χ0v) is 23.4. The number of carbonyl (C=O) groups is 2. The minimum atomic E-state index is -0.645. The van der Waals surface area contributed by atoms with E-state index in [0.29, 0.717) is 29.7 Å². The molecular formula is C31H39FN4O3. The average molecular weight is 535 g/mol. The van der Waals surface area contributed by atoms with E-state index in [0.717, 1.165) is 12.1 Å². The van der Waals surface area contributed by atoms with E-state index in [1.807, 2.05) is 24.6 Å². The van der Waals surface area contributed by atoms with Gasteiger partial charge in [-0.05, 0) is 36.0 Å². The highest BCUT2D eigenvalue weighted by Crippen LogP contribution is 2.30. The second-order valence-corrected chi connectivity index (χ2v) is 11.7. The summed E-state index contributed by atoms with van der Waals surface area (Å²) in [5, 5.41) is 13.0. The van der Waals surface area contributed by atoms with E-state index in [-0.39, 0.29) is 35.6 Å². The van der Waals surface area contributed by atoms with E-state index in [9.17, 15) is 19.1 Å². The molecule has 39 heavy (non-hydrogen) atoms. The van der Waals surface area contributed by atoms with Gasteiger partial charge in [0.1, 0.15) is 17.9 Å². The maximum Gasteiger partial charge on any atom is 0.246 e. The molecule has 0 unspecified atom stereocenters. The number of imidazole rings is 1. The van der Waals surface area contributed by atoms with Crippen LogP contribution in [-0.4, -0.2) is 50.6 Å². The van der Waals surface area contributed by atoms with E-state index in [1.165, 1.54) is 6.07 Å². The highest BCUT2D eigenvalue weighted by atomic mass is 19.1. The number of benzene rings is 2. The van der Waals surface area contributed by atoms with Crippen molar-refractivity contribution in [3.8, 4) is 11.1 Å². The topological polar surface area (TPSA) is 87.5 Å². The number of nitrogens with zero attached hydrogens (tertiary/aromatic N) is 3. The molecule has 2 aromatic carbocycles. The molecule has 2 heterocycles. The van der Waals surface area contributed by atoms with Gasteiger partial charge in [0.05, 0.1) is 24.7 Å². The zero-order chi connectivity index (χ0) is 28.3. The minimum absolute atomic E-state index is 0.00184. The Morgan fingerprint density at radius 3 is 2.41 bits per heavy atom. The number of hydrogen-bond acceptors (Lipinski definition) is 4. The summed E-state index contributed by atoms with van der Waals surface area (Å²) < 4.78 is 16.1. The van der Waals surface area contributed by atoms with Gasteiger partial charge in [0.25, 0.3) is 0 Å². The van der Waals surface area contributed by atoms with Crippen molar-refractivity contribution in [2.75, 3.05) is 13.2 Å². The molecular weight excluding hydrogens is 495 g/mol. The van der Waals surface area contributed by atoms with Crippen LogP contribution >= 0.6 is 0 Å². The molecule has 0 bridgehead atoms. The molecule has 1 fully saturated rings. The van der Waals surface area contributed by atoms with Gasteiger partial charge in [0.2, 0.25) is 11.8 Å². The highest BCUT2D eigenvalue weighted by Gasteiger charge is 2.39. The molecule has 0 radical (unpaired) electrons. The normalized spacial score (nSPS) is 17.3. The molecule has 208 valence electrons. The molecule has 2 amide bonds. The third-order valence-corrected chi connectivity index (χ3v) is 7.41. The standard InChI is InChI=1S/C31H39FN4O3/c1-20(2)28(35-17-27(33-19-35)31(3,4)5)30(39)36-16-8-11-26(36)29(38)34-25(18-37)22-14-12-21(13-15-22)23-9-6-7-10-24(23)32/h6-7,9-10,12-15,17,19-20,25-26,28,37H,8,11,16,18H2,1-5H3,(H,34,38)/t25-,26-,28-/m0/s1. The molecule has 2 N–H and O–H groups in total. The van der Waals surface area contributed by atoms with Crippen molar-refractivity contribution >= 4 is 11.8 Å². The van der Waals surface area contributed by atoms with Crippen LogP contribution in [0.15, 0.2) is 61.1 Å². The molecule has 1 aliphatic rings. The number of carbonyl (C=O) groups excluding carboxylic acids is 2. The summed E-state index contributed by atoms with van der Waals surface area (Å²) in [5.41, 5.74) is 2.67. The number of nitrogens with one attached hydrogen (secondary N) is 1. The van der Waals surface area contributed by atoms with E-state index >= 15 is 0 Å². The lowest BCUT2D eigenvalue weighted by molar-refractivity contribution is -0.142. The third-order valence-electron chi connectivity index (χ3n) is 7.41. The summed E-state index contributed by atoms with van der Waals surface area (Å²) in [6.07, 6.45) is 4.93. The zero-order valence-electron chi connectivity index (χ0n) is 23.4. The van der Waals surface area contributed by atoms with Gasteiger partial charge in [-0.1, -0.05) is 77.1 Å². The van der Waals surface area contributed by atoms with Crippen molar-refractivity contribution in [2.45, 2.75) is 71.0 Å². The predicted octanol–water partition coefficient (Wildman–Crippen LogP) is 5.02. The van der Waals surface area contributed by atoms with Crippen molar-refractivity contribution in [2.24, 2.45) is 5.92 Å². The lowest BCUT2D eigenvalue weighted by Crippen LogP contribution is -2.49. The summed E-state index contributed by atoms with van der Waals surface area (Å²) in [6.45, 7) is 10.4. The van der Waals surface area contributed by atoms with Crippen LogP contribution in [-0.2, 0) is 15.0 Å². The Labute approximate surface area is 230 Å². The molecule has 1 aromatic heterocycles. The van der Waals surface area contributed by atoms with Crippen LogP contribution in [0.5, 0.6) is 0 Å². The minimum Gasteiger partial charge on any atom is -0.394 e. The lowest BCUT2D eigenvalue weighted by Gasteiger charge is -2.31. The van der Waals surface area contributed by atoms with Gasteiger partial charge < -0.3 is 19.9 Å². The van der Waals surface area contributed by atoms with Gasteiger partial charge in [-0.25, -0.2) is 9.37 Å². The first-order chi connectivity index (χ1) is 18.5. The number of amides is 2. The third kappa shape index (κ3) is 6.22. The molecule has 7 nitrogen and oxygen atoms in total. The molecule has 1 aliphatic heterocycles. The molecule has 4 rings (SSSR count). The maximum atomic E-state index is 14.2. The van der Waals surface area contributed by atoms with Gasteiger partial charge in [-0.15, -0.1) is 0 Å². The van der Waals surface area contributed by atoms with Gasteiger partial charge in [-0.3, -0.25) is 9.59 Å². The molecule has 8 heteroatoms. The lowest BCUT2D eigenvalue weighted by atomic mass is 9.93. The summed E-state index contributed by atoms with van der Waals surface area (Å²) in [7, 11) is 0. The molecule has 0 saturated carbocycles. The summed E-state index contributed by atoms with van der Waals surface area (Å²) in [6, 6.07) is 11.9. The Hall–Kier alpha value is -3.52. The molecule has 1 saturated heterocycles. The summed E-state index contributed by atoms with van der Waals surface area (Å²) in [5.74, 6) is -0.702. The molecule has 0 aliphatic carbocycles. The Morgan fingerprint density at radius 1 is 1.13 bits per heavy atom. The van der Waals surface area contributed by atoms with Crippen LogP contribution in [0, 0.1) is 11.7 Å². The number of likely N-dealkylation sites (tertiary alicyclic amines) is 1. The predicted molar refractivity (Wildman–Crippen MR) is 149 cm³/mol. The Bertz CT molecular complexity index is 1300. The first kappa shape index (κ1) is 28.5. The number of aromatic nitrogens is 2. The Morgan fingerprint density at radius 2 is 1.82 bits per heavy atom. The van der Waals surface area contributed by atoms with Gasteiger partial charge in [0.15, 0.2) is 0 Å². The molecule has 3 atom stereocenters. The number of aliphatic hydroxyl groups excluding tert-OH is 1. The number of aliphatic hydroxyl groups is 1. The maximum absolute atomic E-state index is 14.2. The fourth-order valence-corrected chi connectivity index (χ4v) is 5.20. The van der Waals surface area contributed by atoms with Crippen molar-refractivity contribution in [3.05, 3.63) is 78.1 Å². The van der Waals surface area contributed by atoms with E-state index in [2.05, 4.69) is 31.1 Å². The largest absolute Gasteiger partial charge is 0.394 e. The first-order valence-corrected chi connectivity index (χ1v) is 13.6. The average Bonchev–Trinajstić information content (AvgIpc) is 3.58. The van der Waals surface area contributed by atoms with E-state index < -0.39 is 18.1 Å². The van der Waals surface area contributed by atoms with Crippen LogP contribution in [0.2, 0.25) is 0 Å². The van der Waals surface area contributed by atoms with Gasteiger partial charge >= 0.3 is 0 Å².